The average Bonchev–Trinajstić information content (AvgIpc) is 2.34. The molecule has 0 aliphatic carbocycles. The van der Waals surface area contributed by atoms with Crippen LogP contribution in [0.15, 0.2) is 18.2 Å². The molecule has 0 heterocycles. The number of hydrogen-bond acceptors (Lipinski definition) is 4. The molecule has 112 valence electrons. The standard InChI is InChI=1S/C14H23NO4Si/c1-14(2,3)20(5,6)19-10-11-7-8-12(15(16)17)13(9-11)18-4/h7-9H,10H2,1-6H3. The Morgan fingerprint density at radius 2 is 1.90 bits per heavy atom. The van der Waals surface area contributed by atoms with E-state index in [1.807, 2.05) is 0 Å². The minimum Gasteiger partial charge on any atom is -0.490 e. The molecular formula is C14H23NO4Si. The molecule has 5 nitrogen and oxygen atoms in total. The fourth-order valence-electron chi connectivity index (χ4n) is 1.44. The maximum atomic E-state index is 10.8. The zero-order chi connectivity index (χ0) is 15.6. The van der Waals surface area contributed by atoms with Crippen molar-refractivity contribution in [2.75, 3.05) is 7.11 Å². The molecule has 0 atom stereocenters. The lowest BCUT2D eigenvalue weighted by molar-refractivity contribution is -0.385. The van der Waals surface area contributed by atoms with Gasteiger partial charge in [-0.1, -0.05) is 20.8 Å². The average molecular weight is 297 g/mol. The van der Waals surface area contributed by atoms with Crippen molar-refractivity contribution < 1.29 is 14.1 Å². The van der Waals surface area contributed by atoms with Crippen LogP contribution in [-0.4, -0.2) is 20.4 Å². The molecular weight excluding hydrogens is 274 g/mol. The number of benzene rings is 1. The van der Waals surface area contributed by atoms with Crippen molar-refractivity contribution in [1.29, 1.82) is 0 Å². The third-order valence-corrected chi connectivity index (χ3v) is 8.33. The zero-order valence-corrected chi connectivity index (χ0v) is 14.0. The summed E-state index contributed by atoms with van der Waals surface area (Å²) in [5.74, 6) is 0.270. The molecule has 0 amide bonds. The minimum atomic E-state index is -1.83. The Morgan fingerprint density at radius 3 is 2.35 bits per heavy atom. The van der Waals surface area contributed by atoms with Gasteiger partial charge >= 0.3 is 5.69 Å². The van der Waals surface area contributed by atoms with Crippen LogP contribution in [0.1, 0.15) is 26.3 Å². The number of nitro benzene ring substituents is 1. The topological polar surface area (TPSA) is 61.6 Å². The molecule has 0 N–H and O–H groups in total. The molecule has 1 rings (SSSR count). The van der Waals surface area contributed by atoms with E-state index < -0.39 is 13.2 Å². The van der Waals surface area contributed by atoms with E-state index in [0.717, 1.165) is 5.56 Å². The third-order valence-electron chi connectivity index (χ3n) is 3.85. The fraction of sp³-hybridized carbons (Fsp3) is 0.571. The number of ether oxygens (including phenoxy) is 1. The highest BCUT2D eigenvalue weighted by Crippen LogP contribution is 2.37. The number of methoxy groups -OCH3 is 1. The number of nitro groups is 1. The number of rotatable bonds is 5. The molecule has 0 saturated carbocycles. The number of hydrogen-bond donors (Lipinski definition) is 0. The van der Waals surface area contributed by atoms with E-state index in [1.54, 1.807) is 12.1 Å². The maximum Gasteiger partial charge on any atom is 0.310 e. The second-order valence-corrected chi connectivity index (χ2v) is 11.1. The Kier molecular flexibility index (Phi) is 4.93. The molecule has 0 unspecified atom stereocenters. The largest absolute Gasteiger partial charge is 0.490 e. The van der Waals surface area contributed by atoms with Gasteiger partial charge in [0.1, 0.15) is 0 Å². The summed E-state index contributed by atoms with van der Waals surface area (Å²) in [6.45, 7) is 11.3. The lowest BCUT2D eigenvalue weighted by Crippen LogP contribution is -2.40. The van der Waals surface area contributed by atoms with Gasteiger partial charge in [0.25, 0.3) is 0 Å². The predicted octanol–water partition coefficient (Wildman–Crippen LogP) is 4.13. The summed E-state index contributed by atoms with van der Waals surface area (Å²) < 4.78 is 11.2. The van der Waals surface area contributed by atoms with Crippen molar-refractivity contribution in [1.82, 2.24) is 0 Å². The first-order valence-electron chi connectivity index (χ1n) is 6.54. The van der Waals surface area contributed by atoms with Gasteiger partial charge in [-0.05, 0) is 35.8 Å². The second kappa shape index (κ2) is 5.93. The summed E-state index contributed by atoms with van der Waals surface area (Å²) in [4.78, 5) is 10.4. The van der Waals surface area contributed by atoms with E-state index in [1.165, 1.54) is 13.2 Å². The summed E-state index contributed by atoms with van der Waals surface area (Å²) in [6, 6.07) is 4.85. The van der Waals surface area contributed by atoms with Crippen molar-refractivity contribution in [3.05, 3.63) is 33.9 Å². The molecule has 6 heteroatoms. The van der Waals surface area contributed by atoms with Crippen LogP contribution < -0.4 is 4.74 Å². The molecule has 0 saturated heterocycles. The van der Waals surface area contributed by atoms with Gasteiger partial charge in [0.2, 0.25) is 0 Å². The highest BCUT2D eigenvalue weighted by molar-refractivity contribution is 6.74. The van der Waals surface area contributed by atoms with Crippen molar-refractivity contribution >= 4 is 14.0 Å². The lowest BCUT2D eigenvalue weighted by Gasteiger charge is -2.36. The van der Waals surface area contributed by atoms with Crippen LogP contribution in [0.3, 0.4) is 0 Å². The van der Waals surface area contributed by atoms with Gasteiger partial charge in [-0.2, -0.15) is 0 Å². The number of nitrogens with zero attached hydrogens (tertiary/aromatic N) is 1. The Hall–Kier alpha value is -1.40. The molecule has 0 aromatic heterocycles. The summed E-state index contributed by atoms with van der Waals surface area (Å²) in [5.41, 5.74) is 0.862. The van der Waals surface area contributed by atoms with Gasteiger partial charge < -0.3 is 9.16 Å². The van der Waals surface area contributed by atoms with Crippen molar-refractivity contribution in [3.8, 4) is 5.75 Å². The SMILES string of the molecule is COc1cc(CO[Si](C)(C)C(C)(C)C)ccc1[N+](=O)[O-]. The molecule has 0 aliphatic heterocycles. The van der Waals surface area contributed by atoms with Crippen LogP contribution in [0.4, 0.5) is 5.69 Å². The summed E-state index contributed by atoms with van der Waals surface area (Å²) in [6.07, 6.45) is 0. The molecule has 0 fully saturated rings. The Balaban J connectivity index is 2.88. The van der Waals surface area contributed by atoms with E-state index in [-0.39, 0.29) is 16.5 Å². The van der Waals surface area contributed by atoms with Crippen LogP contribution in [0, 0.1) is 10.1 Å². The van der Waals surface area contributed by atoms with E-state index >= 15 is 0 Å². The van der Waals surface area contributed by atoms with Gasteiger partial charge in [0.05, 0.1) is 18.6 Å². The van der Waals surface area contributed by atoms with E-state index in [2.05, 4.69) is 33.9 Å². The minimum absolute atomic E-state index is 0.0245. The van der Waals surface area contributed by atoms with Crippen LogP contribution in [0.25, 0.3) is 0 Å². The van der Waals surface area contributed by atoms with Crippen LogP contribution in [0.2, 0.25) is 18.1 Å². The highest BCUT2D eigenvalue weighted by atomic mass is 28.4. The third kappa shape index (κ3) is 3.80. The van der Waals surface area contributed by atoms with E-state index in [4.69, 9.17) is 9.16 Å². The van der Waals surface area contributed by atoms with Crippen molar-refractivity contribution in [2.45, 2.75) is 45.5 Å². The van der Waals surface area contributed by atoms with Crippen LogP contribution in [0.5, 0.6) is 5.75 Å². The predicted molar refractivity (Wildman–Crippen MR) is 81.6 cm³/mol. The van der Waals surface area contributed by atoms with Crippen LogP contribution in [-0.2, 0) is 11.0 Å². The van der Waals surface area contributed by atoms with E-state index in [9.17, 15) is 10.1 Å². The molecule has 0 radical (unpaired) electrons. The van der Waals surface area contributed by atoms with Gasteiger partial charge in [0, 0.05) is 6.07 Å². The fourth-order valence-corrected chi connectivity index (χ4v) is 2.40. The van der Waals surface area contributed by atoms with Gasteiger partial charge in [-0.3, -0.25) is 10.1 Å². The summed E-state index contributed by atoms with van der Waals surface area (Å²) in [7, 11) is -0.394. The van der Waals surface area contributed by atoms with Gasteiger partial charge in [0.15, 0.2) is 14.1 Å². The summed E-state index contributed by atoms with van der Waals surface area (Å²) >= 11 is 0. The Labute approximate surface area is 121 Å². The van der Waals surface area contributed by atoms with Crippen molar-refractivity contribution in [2.24, 2.45) is 0 Å². The molecule has 0 aliphatic rings. The first-order chi connectivity index (χ1) is 9.08. The molecule has 1 aromatic carbocycles. The zero-order valence-electron chi connectivity index (χ0n) is 13.0. The van der Waals surface area contributed by atoms with E-state index in [0.29, 0.717) is 6.61 Å². The normalized spacial score (nSPS) is 12.3. The first kappa shape index (κ1) is 16.7. The second-order valence-electron chi connectivity index (χ2n) is 6.31. The first-order valence-corrected chi connectivity index (χ1v) is 9.44. The Morgan fingerprint density at radius 1 is 1.30 bits per heavy atom. The molecule has 1 aromatic rings. The monoisotopic (exact) mass is 297 g/mol. The molecule has 20 heavy (non-hydrogen) atoms. The van der Waals surface area contributed by atoms with Crippen molar-refractivity contribution in [3.63, 3.8) is 0 Å². The lowest BCUT2D eigenvalue weighted by atomic mass is 10.2. The maximum absolute atomic E-state index is 10.8. The Bertz CT molecular complexity index is 494. The molecule has 0 bridgehead atoms. The van der Waals surface area contributed by atoms with Gasteiger partial charge in [-0.15, -0.1) is 0 Å². The summed E-state index contributed by atoms with van der Waals surface area (Å²) in [5, 5.41) is 11.0. The van der Waals surface area contributed by atoms with Crippen LogP contribution >= 0.6 is 0 Å². The smallest absolute Gasteiger partial charge is 0.310 e. The highest BCUT2D eigenvalue weighted by Gasteiger charge is 2.37. The van der Waals surface area contributed by atoms with Gasteiger partial charge in [-0.25, -0.2) is 0 Å². The quantitative estimate of drug-likeness (QED) is 0.466. The molecule has 0 spiro atoms.